The van der Waals surface area contributed by atoms with E-state index in [-0.39, 0.29) is 0 Å². The zero-order valence-electron chi connectivity index (χ0n) is 10.6. The van der Waals surface area contributed by atoms with E-state index in [1.165, 1.54) is 0 Å². The first kappa shape index (κ1) is 12.9. The first-order chi connectivity index (χ1) is 6.91. The van der Waals surface area contributed by atoms with E-state index in [2.05, 4.69) is 30.7 Å². The fourth-order valence-corrected chi connectivity index (χ4v) is 2.04. The number of rotatable bonds is 4. The maximum Gasteiger partial charge on any atom is 0.120 e. The highest BCUT2D eigenvalue weighted by Gasteiger charge is 2.30. The summed E-state index contributed by atoms with van der Waals surface area (Å²) in [4.78, 5) is 4.56. The second-order valence-corrected chi connectivity index (χ2v) is 5.37. The third-order valence-corrected chi connectivity index (χ3v) is 3.38. The summed E-state index contributed by atoms with van der Waals surface area (Å²) in [5, 5.41) is 0. The Bertz CT molecular complexity index is 192. The van der Waals surface area contributed by atoms with Crippen LogP contribution in [-0.2, 0) is 0 Å². The van der Waals surface area contributed by atoms with Crippen LogP contribution in [0.5, 0.6) is 0 Å². The van der Waals surface area contributed by atoms with Crippen LogP contribution in [0.3, 0.4) is 0 Å². The molecule has 0 bridgehead atoms. The Balaban J connectivity index is 2.27. The summed E-state index contributed by atoms with van der Waals surface area (Å²) < 4.78 is 13.7. The smallest absolute Gasteiger partial charge is 0.120 e. The van der Waals surface area contributed by atoms with Crippen LogP contribution in [0.2, 0.25) is 0 Å². The summed E-state index contributed by atoms with van der Waals surface area (Å²) in [7, 11) is 2.13. The van der Waals surface area contributed by atoms with Crippen molar-refractivity contribution in [3.05, 3.63) is 0 Å². The Morgan fingerprint density at radius 1 is 1.47 bits per heavy atom. The van der Waals surface area contributed by atoms with Crippen LogP contribution in [0.25, 0.3) is 0 Å². The Morgan fingerprint density at radius 2 is 2.13 bits per heavy atom. The third kappa shape index (κ3) is 4.47. The molecule has 3 heteroatoms. The molecule has 2 nitrogen and oxygen atoms in total. The van der Waals surface area contributed by atoms with Gasteiger partial charge in [-0.25, -0.2) is 4.39 Å². The summed E-state index contributed by atoms with van der Waals surface area (Å²) in [5.41, 5.74) is -0.964. The molecule has 0 amide bonds. The quantitative estimate of drug-likeness (QED) is 0.710. The molecule has 1 unspecified atom stereocenters. The molecular weight excluding hydrogens is 191 g/mol. The fraction of sp³-hybridized carbons (Fsp3) is 1.00. The lowest BCUT2D eigenvalue weighted by molar-refractivity contribution is 0.0543. The van der Waals surface area contributed by atoms with Gasteiger partial charge in [0.25, 0.3) is 0 Å². The Morgan fingerprint density at radius 3 is 2.67 bits per heavy atom. The molecule has 0 aromatic heterocycles. The van der Waals surface area contributed by atoms with E-state index in [9.17, 15) is 4.39 Å². The summed E-state index contributed by atoms with van der Waals surface area (Å²) in [6.07, 6.45) is 1.72. The minimum atomic E-state index is -0.964. The van der Waals surface area contributed by atoms with Crippen molar-refractivity contribution in [2.24, 2.45) is 0 Å². The van der Waals surface area contributed by atoms with Crippen LogP contribution in [-0.4, -0.2) is 54.7 Å². The number of piperidine rings is 1. The number of nitrogens with zero attached hydrogens (tertiary/aromatic N) is 2. The average Bonchev–Trinajstić information content (AvgIpc) is 2.12. The van der Waals surface area contributed by atoms with Gasteiger partial charge in [0.2, 0.25) is 0 Å². The first-order valence-corrected chi connectivity index (χ1v) is 6.02. The largest absolute Gasteiger partial charge is 0.303 e. The average molecular weight is 216 g/mol. The molecule has 15 heavy (non-hydrogen) atoms. The lowest BCUT2D eigenvalue weighted by Gasteiger charge is -2.36. The number of likely N-dealkylation sites (tertiary alicyclic amines) is 1. The standard InChI is InChI=1S/C12H25FN2/c1-11(2)14(4)8-9-15-7-5-6-12(3,13)10-15/h11H,5-10H2,1-4H3. The molecule has 1 atom stereocenters. The fourth-order valence-electron chi connectivity index (χ4n) is 2.04. The van der Waals surface area contributed by atoms with E-state index >= 15 is 0 Å². The normalized spacial score (nSPS) is 29.0. The minimum Gasteiger partial charge on any atom is -0.303 e. The van der Waals surface area contributed by atoms with Crippen LogP contribution in [0.4, 0.5) is 4.39 Å². The summed E-state index contributed by atoms with van der Waals surface area (Å²) >= 11 is 0. The van der Waals surface area contributed by atoms with Gasteiger partial charge in [-0.3, -0.25) is 4.90 Å². The molecule has 1 aliphatic rings. The SMILES string of the molecule is CC(C)N(C)CCN1CCCC(C)(F)C1. The molecule has 0 aromatic rings. The molecule has 1 aliphatic heterocycles. The summed E-state index contributed by atoms with van der Waals surface area (Å²) in [5.74, 6) is 0. The zero-order valence-corrected chi connectivity index (χ0v) is 10.6. The maximum atomic E-state index is 13.7. The minimum absolute atomic E-state index is 0.576. The first-order valence-electron chi connectivity index (χ1n) is 6.02. The molecular formula is C12H25FN2. The topological polar surface area (TPSA) is 6.48 Å². The van der Waals surface area contributed by atoms with Crippen molar-refractivity contribution in [3.8, 4) is 0 Å². The molecule has 1 fully saturated rings. The second kappa shape index (κ2) is 5.26. The lowest BCUT2D eigenvalue weighted by Crippen LogP contribution is -2.46. The van der Waals surface area contributed by atoms with Crippen molar-refractivity contribution < 1.29 is 4.39 Å². The van der Waals surface area contributed by atoms with Crippen LogP contribution < -0.4 is 0 Å². The summed E-state index contributed by atoms with van der Waals surface area (Å²) in [6.45, 7) is 9.81. The molecule has 0 saturated carbocycles. The molecule has 1 rings (SSSR count). The van der Waals surface area contributed by atoms with Crippen molar-refractivity contribution in [3.63, 3.8) is 0 Å². The molecule has 1 saturated heterocycles. The van der Waals surface area contributed by atoms with E-state index in [4.69, 9.17) is 0 Å². The number of halogens is 1. The van der Waals surface area contributed by atoms with Crippen molar-refractivity contribution in [2.45, 2.75) is 45.3 Å². The van der Waals surface area contributed by atoms with Gasteiger partial charge in [0, 0.05) is 25.7 Å². The highest BCUT2D eigenvalue weighted by Crippen LogP contribution is 2.24. The van der Waals surface area contributed by atoms with Gasteiger partial charge in [0.15, 0.2) is 0 Å². The Kier molecular flexibility index (Phi) is 4.53. The van der Waals surface area contributed by atoms with Gasteiger partial charge in [0.1, 0.15) is 5.67 Å². The highest BCUT2D eigenvalue weighted by molar-refractivity contribution is 4.83. The summed E-state index contributed by atoms with van der Waals surface area (Å²) in [6, 6.07) is 0.576. The predicted molar refractivity (Wildman–Crippen MR) is 63.0 cm³/mol. The van der Waals surface area contributed by atoms with E-state index in [1.54, 1.807) is 6.92 Å². The molecule has 1 heterocycles. The molecule has 0 aliphatic carbocycles. The van der Waals surface area contributed by atoms with Gasteiger partial charge < -0.3 is 4.90 Å². The van der Waals surface area contributed by atoms with Gasteiger partial charge in [0.05, 0.1) is 0 Å². The molecule has 0 N–H and O–H groups in total. The van der Waals surface area contributed by atoms with Crippen molar-refractivity contribution in [1.82, 2.24) is 9.80 Å². The van der Waals surface area contributed by atoms with Crippen LogP contribution >= 0.6 is 0 Å². The lowest BCUT2D eigenvalue weighted by atomic mass is 9.97. The van der Waals surface area contributed by atoms with Gasteiger partial charge in [-0.1, -0.05) is 0 Å². The monoisotopic (exact) mass is 216 g/mol. The molecule has 0 aromatic carbocycles. The van der Waals surface area contributed by atoms with Gasteiger partial charge in [-0.15, -0.1) is 0 Å². The molecule has 0 radical (unpaired) electrons. The Labute approximate surface area is 93.4 Å². The molecule has 90 valence electrons. The maximum absolute atomic E-state index is 13.7. The second-order valence-electron chi connectivity index (χ2n) is 5.37. The van der Waals surface area contributed by atoms with Crippen molar-refractivity contribution >= 4 is 0 Å². The number of hydrogen-bond donors (Lipinski definition) is 0. The van der Waals surface area contributed by atoms with E-state index in [0.717, 1.165) is 32.5 Å². The number of likely N-dealkylation sites (N-methyl/N-ethyl adjacent to an activating group) is 1. The number of hydrogen-bond acceptors (Lipinski definition) is 2. The number of alkyl halides is 1. The third-order valence-electron chi connectivity index (χ3n) is 3.38. The van der Waals surface area contributed by atoms with E-state index < -0.39 is 5.67 Å². The van der Waals surface area contributed by atoms with Crippen LogP contribution in [0.15, 0.2) is 0 Å². The van der Waals surface area contributed by atoms with Gasteiger partial charge in [-0.05, 0) is 47.2 Å². The van der Waals surface area contributed by atoms with E-state index in [0.29, 0.717) is 12.6 Å². The van der Waals surface area contributed by atoms with Crippen molar-refractivity contribution in [2.75, 3.05) is 33.2 Å². The van der Waals surface area contributed by atoms with Crippen LogP contribution in [0.1, 0.15) is 33.6 Å². The van der Waals surface area contributed by atoms with E-state index in [1.807, 2.05) is 0 Å². The van der Waals surface area contributed by atoms with Gasteiger partial charge in [-0.2, -0.15) is 0 Å². The zero-order chi connectivity index (χ0) is 11.5. The van der Waals surface area contributed by atoms with Gasteiger partial charge >= 0.3 is 0 Å². The predicted octanol–water partition coefficient (Wildman–Crippen LogP) is 2.15. The van der Waals surface area contributed by atoms with Crippen LogP contribution in [0, 0.1) is 0 Å². The Hall–Kier alpha value is -0.150. The highest BCUT2D eigenvalue weighted by atomic mass is 19.1. The van der Waals surface area contributed by atoms with Crippen molar-refractivity contribution in [1.29, 1.82) is 0 Å². The molecule has 0 spiro atoms.